The molecule has 0 spiro atoms. The van der Waals surface area contributed by atoms with Crippen molar-refractivity contribution in [2.45, 2.75) is 15.9 Å². The Morgan fingerprint density at radius 1 is 1.54 bits per heavy atom. The van der Waals surface area contributed by atoms with Crippen LogP contribution in [0.25, 0.3) is 0 Å². The van der Waals surface area contributed by atoms with Gasteiger partial charge in [-0.1, -0.05) is 6.07 Å². The molecule has 2 heterocycles. The van der Waals surface area contributed by atoms with Crippen LogP contribution < -0.4 is 0 Å². The van der Waals surface area contributed by atoms with Gasteiger partial charge in [-0.05, 0) is 17.9 Å². The number of hydrogen-bond donors (Lipinski definition) is 0. The normalized spacial score (nSPS) is 26.3. The van der Waals surface area contributed by atoms with Crippen LogP contribution in [0.15, 0.2) is 21.7 Å². The summed E-state index contributed by atoms with van der Waals surface area (Å²) >= 11 is 3.38. The highest BCUT2D eigenvalue weighted by atomic mass is 32.2. The lowest BCUT2D eigenvalue weighted by Crippen LogP contribution is -2.05. The van der Waals surface area contributed by atoms with E-state index >= 15 is 0 Å². The lowest BCUT2D eigenvalue weighted by molar-refractivity contribution is 0.602. The second-order valence-corrected chi connectivity index (χ2v) is 7.85. The third-order valence-corrected chi connectivity index (χ3v) is 6.29. The third-order valence-electron chi connectivity index (χ3n) is 1.97. The van der Waals surface area contributed by atoms with Crippen LogP contribution in [0.1, 0.15) is 6.42 Å². The molecule has 1 aromatic rings. The van der Waals surface area contributed by atoms with E-state index in [1.165, 1.54) is 4.21 Å². The fourth-order valence-corrected chi connectivity index (χ4v) is 5.90. The molecule has 1 fully saturated rings. The summed E-state index contributed by atoms with van der Waals surface area (Å²) in [7, 11) is -2.71. The Labute approximate surface area is 86.3 Å². The van der Waals surface area contributed by atoms with Crippen LogP contribution >= 0.6 is 23.1 Å². The van der Waals surface area contributed by atoms with Gasteiger partial charge in [0.05, 0.1) is 15.7 Å². The second kappa shape index (κ2) is 3.63. The van der Waals surface area contributed by atoms with E-state index < -0.39 is 9.84 Å². The van der Waals surface area contributed by atoms with Gasteiger partial charge in [-0.3, -0.25) is 0 Å². The summed E-state index contributed by atoms with van der Waals surface area (Å²) in [6.45, 7) is 0. The Balaban J connectivity index is 1.99. The SMILES string of the molecule is O=S1(=O)CCC(Sc2cccs2)C1. The standard InChI is InChI=1S/C8H10O2S3/c9-13(10)5-3-7(6-13)12-8-2-1-4-11-8/h1-2,4,7H,3,5-6H2. The Morgan fingerprint density at radius 2 is 2.38 bits per heavy atom. The van der Waals surface area contributed by atoms with E-state index in [1.54, 1.807) is 23.1 Å². The second-order valence-electron chi connectivity index (χ2n) is 3.07. The van der Waals surface area contributed by atoms with Gasteiger partial charge in [0.2, 0.25) is 0 Å². The summed E-state index contributed by atoms with van der Waals surface area (Å²) in [4.78, 5) is 0. The van der Waals surface area contributed by atoms with Gasteiger partial charge in [-0.15, -0.1) is 23.1 Å². The van der Waals surface area contributed by atoms with Crippen LogP contribution in [0.4, 0.5) is 0 Å². The summed E-state index contributed by atoms with van der Waals surface area (Å²) in [5, 5.41) is 2.30. The number of rotatable bonds is 2. The highest BCUT2D eigenvalue weighted by molar-refractivity contribution is 8.03. The van der Waals surface area contributed by atoms with E-state index in [0.29, 0.717) is 11.5 Å². The molecular formula is C8H10O2S3. The van der Waals surface area contributed by atoms with Gasteiger partial charge in [0.25, 0.3) is 0 Å². The van der Waals surface area contributed by atoms with Gasteiger partial charge in [0.15, 0.2) is 9.84 Å². The van der Waals surface area contributed by atoms with E-state index in [2.05, 4.69) is 0 Å². The molecular weight excluding hydrogens is 224 g/mol. The maximum absolute atomic E-state index is 11.2. The highest BCUT2D eigenvalue weighted by Crippen LogP contribution is 2.33. The average molecular weight is 234 g/mol. The fourth-order valence-electron chi connectivity index (χ4n) is 1.35. The maximum atomic E-state index is 11.2. The molecule has 1 aliphatic rings. The molecule has 0 saturated carbocycles. The van der Waals surface area contributed by atoms with Crippen molar-refractivity contribution < 1.29 is 8.42 Å². The molecule has 1 unspecified atom stereocenters. The molecule has 5 heteroatoms. The fraction of sp³-hybridized carbons (Fsp3) is 0.500. The Morgan fingerprint density at radius 3 is 2.92 bits per heavy atom. The minimum absolute atomic E-state index is 0.281. The molecule has 72 valence electrons. The van der Waals surface area contributed by atoms with Crippen molar-refractivity contribution in [2.75, 3.05) is 11.5 Å². The number of hydrogen-bond acceptors (Lipinski definition) is 4. The highest BCUT2D eigenvalue weighted by Gasteiger charge is 2.28. The minimum Gasteiger partial charge on any atom is -0.229 e. The first-order valence-electron chi connectivity index (χ1n) is 4.06. The Hall–Kier alpha value is -0.0000000000000000833. The van der Waals surface area contributed by atoms with Crippen LogP contribution in [0.3, 0.4) is 0 Å². The molecule has 1 saturated heterocycles. The van der Waals surface area contributed by atoms with Crippen molar-refractivity contribution in [1.82, 2.24) is 0 Å². The minimum atomic E-state index is -2.71. The molecule has 1 atom stereocenters. The maximum Gasteiger partial charge on any atom is 0.151 e. The van der Waals surface area contributed by atoms with E-state index in [9.17, 15) is 8.42 Å². The van der Waals surface area contributed by atoms with Gasteiger partial charge in [-0.25, -0.2) is 8.42 Å². The lowest BCUT2D eigenvalue weighted by Gasteiger charge is -2.03. The summed E-state index contributed by atoms with van der Waals surface area (Å²) < 4.78 is 23.5. The van der Waals surface area contributed by atoms with E-state index in [-0.39, 0.29) is 5.25 Å². The number of thioether (sulfide) groups is 1. The third kappa shape index (κ3) is 2.48. The van der Waals surface area contributed by atoms with E-state index in [4.69, 9.17) is 0 Å². The van der Waals surface area contributed by atoms with Crippen LogP contribution in [0.2, 0.25) is 0 Å². The van der Waals surface area contributed by atoms with Crippen molar-refractivity contribution in [3.63, 3.8) is 0 Å². The molecule has 0 amide bonds. The number of sulfone groups is 1. The first-order valence-corrected chi connectivity index (χ1v) is 7.64. The summed E-state index contributed by atoms with van der Waals surface area (Å²) in [5.41, 5.74) is 0. The van der Waals surface area contributed by atoms with Crippen LogP contribution in [0, 0.1) is 0 Å². The van der Waals surface area contributed by atoms with Gasteiger partial charge >= 0.3 is 0 Å². The summed E-state index contributed by atoms with van der Waals surface area (Å²) in [5.74, 6) is 0.728. The predicted molar refractivity (Wildman–Crippen MR) is 57.2 cm³/mol. The number of thiophene rings is 1. The molecule has 0 aliphatic carbocycles. The summed E-state index contributed by atoms with van der Waals surface area (Å²) in [6.07, 6.45) is 0.810. The summed E-state index contributed by atoms with van der Waals surface area (Å²) in [6, 6.07) is 4.04. The molecule has 0 radical (unpaired) electrons. The van der Waals surface area contributed by atoms with Crippen molar-refractivity contribution in [1.29, 1.82) is 0 Å². The van der Waals surface area contributed by atoms with Crippen molar-refractivity contribution in [3.8, 4) is 0 Å². The molecule has 0 aromatic carbocycles. The molecule has 13 heavy (non-hydrogen) atoms. The van der Waals surface area contributed by atoms with Gasteiger partial charge in [0, 0.05) is 5.25 Å². The zero-order valence-electron chi connectivity index (χ0n) is 6.97. The van der Waals surface area contributed by atoms with E-state index in [0.717, 1.165) is 6.42 Å². The van der Waals surface area contributed by atoms with Gasteiger partial charge in [0.1, 0.15) is 0 Å². The molecule has 0 N–H and O–H groups in total. The largest absolute Gasteiger partial charge is 0.229 e. The van der Waals surface area contributed by atoms with Gasteiger partial charge in [-0.2, -0.15) is 0 Å². The first-order chi connectivity index (χ1) is 6.16. The monoisotopic (exact) mass is 234 g/mol. The van der Waals surface area contributed by atoms with Crippen LogP contribution in [-0.2, 0) is 9.84 Å². The smallest absolute Gasteiger partial charge is 0.151 e. The van der Waals surface area contributed by atoms with Crippen LogP contribution in [-0.4, -0.2) is 25.2 Å². The van der Waals surface area contributed by atoms with Crippen molar-refractivity contribution >= 4 is 32.9 Å². The van der Waals surface area contributed by atoms with E-state index in [1.807, 2.05) is 17.5 Å². The Kier molecular flexibility index (Phi) is 2.67. The average Bonchev–Trinajstić information content (AvgIpc) is 2.61. The zero-order chi connectivity index (χ0) is 9.31. The zero-order valence-corrected chi connectivity index (χ0v) is 9.42. The Bertz CT molecular complexity index is 366. The van der Waals surface area contributed by atoms with Crippen LogP contribution in [0.5, 0.6) is 0 Å². The van der Waals surface area contributed by atoms with Crippen molar-refractivity contribution in [3.05, 3.63) is 17.5 Å². The molecule has 1 aromatic heterocycles. The molecule has 0 bridgehead atoms. The van der Waals surface area contributed by atoms with Crippen molar-refractivity contribution in [2.24, 2.45) is 0 Å². The molecule has 2 nitrogen and oxygen atoms in total. The van der Waals surface area contributed by atoms with Gasteiger partial charge < -0.3 is 0 Å². The quantitative estimate of drug-likeness (QED) is 0.785. The topological polar surface area (TPSA) is 34.1 Å². The first kappa shape index (κ1) is 9.55. The predicted octanol–water partition coefficient (Wildman–Crippen LogP) is 2.03. The molecule has 2 rings (SSSR count). The lowest BCUT2D eigenvalue weighted by atomic mass is 10.4. The molecule has 1 aliphatic heterocycles.